The number of benzene rings is 2. The van der Waals surface area contributed by atoms with Crippen LogP contribution in [0.4, 0.5) is 11.4 Å². The molecule has 2 aromatic rings. The van der Waals surface area contributed by atoms with Crippen molar-refractivity contribution in [3.05, 3.63) is 48.5 Å². The van der Waals surface area contributed by atoms with Crippen LogP contribution in [0.3, 0.4) is 0 Å². The summed E-state index contributed by atoms with van der Waals surface area (Å²) in [5.41, 5.74) is 1.03. The highest BCUT2D eigenvalue weighted by atomic mass is 32.2. The minimum absolute atomic E-state index is 0.122. The van der Waals surface area contributed by atoms with Gasteiger partial charge in [-0.05, 0) is 48.5 Å². The van der Waals surface area contributed by atoms with E-state index < -0.39 is 9.84 Å². The predicted molar refractivity (Wildman–Crippen MR) is 82.3 cm³/mol. The number of sulfone groups is 1. The molecule has 0 unspecified atom stereocenters. The zero-order chi connectivity index (χ0) is 16.2. The third-order valence-electron chi connectivity index (χ3n) is 2.88. The van der Waals surface area contributed by atoms with Gasteiger partial charge in [-0.15, -0.1) is 0 Å². The van der Waals surface area contributed by atoms with Crippen LogP contribution in [-0.4, -0.2) is 20.7 Å². The van der Waals surface area contributed by atoms with Gasteiger partial charge in [0.05, 0.1) is 9.79 Å². The molecule has 0 bridgehead atoms. The maximum atomic E-state index is 12.5. The van der Waals surface area contributed by atoms with Gasteiger partial charge in [-0.25, -0.2) is 8.42 Å². The fourth-order valence-corrected chi connectivity index (χ4v) is 3.12. The lowest BCUT2D eigenvalue weighted by atomic mass is 10.3. The van der Waals surface area contributed by atoms with Gasteiger partial charge in [0.15, 0.2) is 0 Å². The molecule has 0 aromatic heterocycles. The maximum Gasteiger partial charge on any atom is 0.221 e. The van der Waals surface area contributed by atoms with Crippen molar-refractivity contribution in [2.45, 2.75) is 16.7 Å². The van der Waals surface area contributed by atoms with Crippen LogP contribution < -0.4 is 10.6 Å². The summed E-state index contributed by atoms with van der Waals surface area (Å²) in [5, 5.41) is 5.01. The van der Waals surface area contributed by atoms with E-state index in [9.17, 15) is 18.0 Å². The van der Waals surface area contributed by atoms with Crippen LogP contribution in [0.5, 0.6) is 0 Å². The van der Waals surface area contributed by atoms with E-state index in [0.717, 1.165) is 0 Å². The third-order valence-corrected chi connectivity index (χ3v) is 4.66. The van der Waals surface area contributed by atoms with Crippen molar-refractivity contribution in [1.29, 1.82) is 0 Å². The van der Waals surface area contributed by atoms with Crippen molar-refractivity contribution in [3.8, 4) is 0 Å². The molecule has 0 saturated heterocycles. The Morgan fingerprint density at radius 1 is 0.909 bits per heavy atom. The monoisotopic (exact) mass is 318 g/mol. The fourth-order valence-electron chi connectivity index (χ4n) is 1.86. The summed E-state index contributed by atoms with van der Waals surface area (Å²) < 4.78 is 24.9. The molecule has 0 spiro atoms. The molecule has 0 atom stereocenters. The van der Waals surface area contributed by atoms with E-state index >= 15 is 0 Å². The number of anilines is 2. The first-order valence-corrected chi connectivity index (χ1v) is 7.85. The van der Waals surface area contributed by atoms with Crippen molar-refractivity contribution in [2.24, 2.45) is 0 Å². The Bertz CT molecular complexity index is 781. The fraction of sp³-hybridized carbons (Fsp3) is 0.0667. The maximum absolute atomic E-state index is 12.5. The van der Waals surface area contributed by atoms with E-state index in [-0.39, 0.29) is 15.7 Å². The summed E-state index contributed by atoms with van der Waals surface area (Å²) in [6.45, 7) is 1.37. The van der Waals surface area contributed by atoms with Crippen molar-refractivity contribution in [3.63, 3.8) is 0 Å². The Balaban J connectivity index is 2.29. The number of carbonyl (C=O) groups is 2. The van der Waals surface area contributed by atoms with Crippen LogP contribution in [-0.2, 0) is 19.4 Å². The molecule has 2 N–H and O–H groups in total. The van der Waals surface area contributed by atoms with Crippen molar-refractivity contribution >= 4 is 33.5 Å². The number of nitrogens with one attached hydrogen (secondary N) is 2. The van der Waals surface area contributed by atoms with Gasteiger partial charge >= 0.3 is 0 Å². The van der Waals surface area contributed by atoms with E-state index in [1.165, 1.54) is 55.5 Å². The lowest BCUT2D eigenvalue weighted by molar-refractivity contribution is -0.114. The summed E-state index contributed by atoms with van der Waals surface area (Å²) in [6, 6.07) is 11.8. The zero-order valence-electron chi connectivity index (χ0n) is 11.7. The molecule has 0 aliphatic rings. The molecule has 2 amide bonds. The summed E-state index contributed by atoms with van der Waals surface area (Å²) in [5.74, 6) is -0.228. The summed E-state index contributed by atoms with van der Waals surface area (Å²) in [4.78, 5) is 21.5. The number of carbonyl (C=O) groups excluding carboxylic acids is 2. The lowest BCUT2D eigenvalue weighted by Crippen LogP contribution is -2.06. The van der Waals surface area contributed by atoms with Crippen molar-refractivity contribution < 1.29 is 18.0 Å². The van der Waals surface area contributed by atoms with Crippen LogP contribution in [0.15, 0.2) is 58.3 Å². The molecule has 0 heterocycles. The third kappa shape index (κ3) is 3.50. The highest BCUT2D eigenvalue weighted by molar-refractivity contribution is 7.91. The first-order valence-electron chi connectivity index (χ1n) is 6.36. The minimum Gasteiger partial charge on any atom is -0.329 e. The van der Waals surface area contributed by atoms with Gasteiger partial charge in [-0.1, -0.05) is 0 Å². The highest BCUT2D eigenvalue weighted by Crippen LogP contribution is 2.23. The van der Waals surface area contributed by atoms with Gasteiger partial charge in [0, 0.05) is 18.3 Å². The van der Waals surface area contributed by atoms with Gasteiger partial charge in [-0.2, -0.15) is 0 Å². The molecule has 2 aromatic carbocycles. The molecule has 0 aliphatic carbocycles. The normalized spacial score (nSPS) is 10.8. The summed E-state index contributed by atoms with van der Waals surface area (Å²) in [6.07, 6.45) is 0.518. The molecular formula is C15H14N2O4S. The van der Waals surface area contributed by atoms with Gasteiger partial charge in [0.25, 0.3) is 0 Å². The van der Waals surface area contributed by atoms with Crippen molar-refractivity contribution in [1.82, 2.24) is 0 Å². The Morgan fingerprint density at radius 2 is 1.36 bits per heavy atom. The van der Waals surface area contributed by atoms with Gasteiger partial charge in [0.1, 0.15) is 0 Å². The average molecular weight is 318 g/mol. The number of hydrogen-bond acceptors (Lipinski definition) is 4. The lowest BCUT2D eigenvalue weighted by Gasteiger charge is -2.07. The van der Waals surface area contributed by atoms with Crippen molar-refractivity contribution in [2.75, 3.05) is 10.6 Å². The summed E-state index contributed by atoms with van der Waals surface area (Å²) >= 11 is 0. The number of amides is 2. The van der Waals surface area contributed by atoms with E-state index in [1.807, 2.05) is 0 Å². The number of hydrogen-bond donors (Lipinski definition) is 2. The Morgan fingerprint density at radius 3 is 1.77 bits per heavy atom. The highest BCUT2D eigenvalue weighted by Gasteiger charge is 2.17. The van der Waals surface area contributed by atoms with E-state index in [2.05, 4.69) is 10.6 Å². The van der Waals surface area contributed by atoms with Gasteiger partial charge in [0.2, 0.25) is 22.2 Å². The Hall–Kier alpha value is -2.67. The molecule has 114 valence electrons. The molecule has 22 heavy (non-hydrogen) atoms. The SMILES string of the molecule is CC(=O)Nc1ccc(S(=O)(=O)c2ccc(NC=O)cc2)cc1. The average Bonchev–Trinajstić information content (AvgIpc) is 2.48. The first kappa shape index (κ1) is 15.7. The molecule has 7 heteroatoms. The first-order chi connectivity index (χ1) is 10.4. The largest absolute Gasteiger partial charge is 0.329 e. The second kappa shape index (κ2) is 6.40. The molecule has 0 saturated carbocycles. The molecule has 0 fully saturated rings. The quantitative estimate of drug-likeness (QED) is 0.825. The van der Waals surface area contributed by atoms with Crippen LogP contribution in [0.25, 0.3) is 0 Å². The second-order valence-electron chi connectivity index (χ2n) is 4.50. The second-order valence-corrected chi connectivity index (χ2v) is 6.45. The van der Waals surface area contributed by atoms with E-state index in [1.54, 1.807) is 0 Å². The number of rotatable bonds is 5. The zero-order valence-corrected chi connectivity index (χ0v) is 12.6. The van der Waals surface area contributed by atoms with Crippen LogP contribution in [0.1, 0.15) is 6.92 Å². The Kier molecular flexibility index (Phi) is 4.57. The summed E-state index contributed by atoms with van der Waals surface area (Å²) in [7, 11) is -3.64. The van der Waals surface area contributed by atoms with Crippen LogP contribution in [0, 0.1) is 0 Å². The van der Waals surface area contributed by atoms with Gasteiger partial charge < -0.3 is 10.6 Å². The molecule has 2 rings (SSSR count). The van der Waals surface area contributed by atoms with E-state index in [0.29, 0.717) is 17.8 Å². The minimum atomic E-state index is -3.64. The smallest absolute Gasteiger partial charge is 0.221 e. The predicted octanol–water partition coefficient (Wildman–Crippen LogP) is 2.05. The van der Waals surface area contributed by atoms with Crippen LogP contribution >= 0.6 is 0 Å². The Labute approximate surface area is 128 Å². The standard InChI is InChI=1S/C15H14N2O4S/c1-11(19)17-13-4-8-15(9-5-13)22(20,21)14-6-2-12(3-7-14)16-10-18/h2-10H,1H3,(H,16,18)(H,17,19). The molecule has 0 aliphatic heterocycles. The van der Waals surface area contributed by atoms with Gasteiger partial charge in [-0.3, -0.25) is 9.59 Å². The molecule has 6 nitrogen and oxygen atoms in total. The van der Waals surface area contributed by atoms with E-state index in [4.69, 9.17) is 0 Å². The van der Waals surface area contributed by atoms with Crippen LogP contribution in [0.2, 0.25) is 0 Å². The topological polar surface area (TPSA) is 92.3 Å². The molecular weight excluding hydrogens is 304 g/mol. The molecule has 0 radical (unpaired) electrons.